The Kier molecular flexibility index (Phi) is 9.43. The molecule has 42 heavy (non-hydrogen) atoms. The minimum Gasteiger partial charge on any atom is -0.507 e. The lowest BCUT2D eigenvalue weighted by Crippen LogP contribution is -2.60. The Morgan fingerprint density at radius 3 is 1.95 bits per heavy atom. The largest absolute Gasteiger partial charge is 0.507 e. The quantitative estimate of drug-likeness (QED) is 0.133. The predicted molar refractivity (Wildman–Crippen MR) is 135 cm³/mol. The molecule has 2 saturated heterocycles. The summed E-state index contributed by atoms with van der Waals surface area (Å²) in [5.74, 6) is -4.04. The molecule has 0 spiro atoms. The van der Waals surface area contributed by atoms with E-state index < -0.39 is 109 Å². The van der Waals surface area contributed by atoms with E-state index in [2.05, 4.69) is 0 Å². The van der Waals surface area contributed by atoms with E-state index in [4.69, 9.17) is 18.9 Å². The molecule has 2 heterocycles. The molecule has 4 rings (SSSR count). The molecule has 11 N–H and O–H groups in total. The average Bonchev–Trinajstić information content (AvgIpc) is 2.97. The van der Waals surface area contributed by atoms with E-state index >= 15 is 0 Å². The Hall–Kier alpha value is -3.29. The van der Waals surface area contributed by atoms with E-state index in [1.807, 2.05) is 0 Å². The van der Waals surface area contributed by atoms with Gasteiger partial charge in [0.25, 0.3) is 0 Å². The highest BCUT2D eigenvalue weighted by molar-refractivity contribution is 6.13. The van der Waals surface area contributed by atoms with Crippen molar-refractivity contribution < 1.29 is 79.9 Å². The summed E-state index contributed by atoms with van der Waals surface area (Å²) in [6.07, 6.45) is -18.0. The number of ketones is 1. The molecule has 2 aliphatic heterocycles. The van der Waals surface area contributed by atoms with Gasteiger partial charge in [0.15, 0.2) is 11.5 Å². The maximum absolute atomic E-state index is 13.5. The van der Waals surface area contributed by atoms with Gasteiger partial charge < -0.3 is 75.1 Å². The fraction of sp³-hybridized carbons (Fsp3) is 0.500. The zero-order valence-electron chi connectivity index (χ0n) is 22.0. The van der Waals surface area contributed by atoms with Crippen molar-refractivity contribution >= 4 is 5.78 Å². The molecule has 0 saturated carbocycles. The number of hydrogen-bond donors (Lipinski definition) is 11. The van der Waals surface area contributed by atoms with Crippen LogP contribution in [0.25, 0.3) is 0 Å². The second kappa shape index (κ2) is 12.5. The summed E-state index contributed by atoms with van der Waals surface area (Å²) in [4.78, 5) is 13.5. The highest BCUT2D eigenvalue weighted by Crippen LogP contribution is 2.48. The summed E-state index contributed by atoms with van der Waals surface area (Å²) >= 11 is 0. The smallest absolute Gasteiger partial charge is 0.229 e. The van der Waals surface area contributed by atoms with Gasteiger partial charge in [-0.05, 0) is 18.2 Å². The fourth-order valence-corrected chi connectivity index (χ4v) is 4.84. The molecule has 0 aliphatic carbocycles. The zero-order valence-corrected chi connectivity index (χ0v) is 22.0. The van der Waals surface area contributed by atoms with Gasteiger partial charge in [0.1, 0.15) is 77.7 Å². The van der Waals surface area contributed by atoms with E-state index in [1.54, 1.807) is 0 Å². The van der Waals surface area contributed by atoms with Crippen LogP contribution < -0.4 is 9.47 Å². The molecule has 0 unspecified atom stereocenters. The molecule has 10 atom stereocenters. The third-order valence-corrected chi connectivity index (χ3v) is 7.22. The van der Waals surface area contributed by atoms with Crippen molar-refractivity contribution in [2.75, 3.05) is 20.3 Å². The van der Waals surface area contributed by atoms with Gasteiger partial charge in [0, 0.05) is 11.6 Å². The van der Waals surface area contributed by atoms with Crippen molar-refractivity contribution in [2.24, 2.45) is 0 Å². The van der Waals surface area contributed by atoms with E-state index in [0.717, 1.165) is 24.3 Å². The van der Waals surface area contributed by atoms with Crippen LogP contribution in [0, 0.1) is 0 Å². The first-order valence-electron chi connectivity index (χ1n) is 12.6. The van der Waals surface area contributed by atoms with Crippen LogP contribution >= 0.6 is 0 Å². The SMILES string of the molecule is COc1cc(C(=O)c2c(O)cc(O[C@@H]3O[C@H](CO)[C@@H](O)[C@H](O)[C@H]3O)c([C@@H]3O[C@H](CO)[C@@H](O)[C@H](O)[C@H]3O)c2O)ccc1O. The average molecular weight is 601 g/mol. The van der Waals surface area contributed by atoms with Crippen molar-refractivity contribution in [1.29, 1.82) is 0 Å². The predicted octanol–water partition coefficient (Wildman–Crippen LogP) is -3.26. The number of phenolic OH excluding ortho intramolecular Hbond substituents is 3. The van der Waals surface area contributed by atoms with E-state index in [9.17, 15) is 61.0 Å². The van der Waals surface area contributed by atoms with Gasteiger partial charge in [-0.3, -0.25) is 4.79 Å². The Morgan fingerprint density at radius 2 is 1.36 bits per heavy atom. The first-order chi connectivity index (χ1) is 19.9. The molecule has 2 aliphatic rings. The number of carbonyl (C=O) groups is 1. The maximum atomic E-state index is 13.5. The number of hydrogen-bond acceptors (Lipinski definition) is 16. The summed E-state index contributed by atoms with van der Waals surface area (Å²) in [7, 11) is 1.22. The number of rotatable bonds is 8. The van der Waals surface area contributed by atoms with Gasteiger partial charge in [-0.15, -0.1) is 0 Å². The van der Waals surface area contributed by atoms with Crippen LogP contribution in [0.2, 0.25) is 0 Å². The molecule has 0 radical (unpaired) electrons. The van der Waals surface area contributed by atoms with Crippen LogP contribution in [-0.2, 0) is 9.47 Å². The monoisotopic (exact) mass is 600 g/mol. The molecular formula is C26H32O16. The molecule has 16 nitrogen and oxygen atoms in total. The highest BCUT2D eigenvalue weighted by atomic mass is 16.7. The normalized spacial score (nSPS) is 33.3. The van der Waals surface area contributed by atoms with Crippen LogP contribution in [0.15, 0.2) is 24.3 Å². The van der Waals surface area contributed by atoms with Crippen LogP contribution in [0.1, 0.15) is 27.6 Å². The van der Waals surface area contributed by atoms with Gasteiger partial charge in [0.2, 0.25) is 12.1 Å². The Morgan fingerprint density at radius 1 is 0.762 bits per heavy atom. The summed E-state index contributed by atoms with van der Waals surface area (Å²) in [5, 5.41) is 113. The van der Waals surface area contributed by atoms with Crippen molar-refractivity contribution in [3.8, 4) is 28.7 Å². The second-order valence-electron chi connectivity index (χ2n) is 9.81. The fourth-order valence-electron chi connectivity index (χ4n) is 4.84. The summed E-state index contributed by atoms with van der Waals surface area (Å²) < 4.78 is 21.4. The molecule has 2 aromatic rings. The van der Waals surface area contributed by atoms with Crippen molar-refractivity contribution in [3.63, 3.8) is 0 Å². The number of methoxy groups -OCH3 is 1. The topological polar surface area (TPSA) is 277 Å². The van der Waals surface area contributed by atoms with Crippen LogP contribution in [0.5, 0.6) is 28.7 Å². The molecule has 16 heteroatoms. The third kappa shape index (κ3) is 5.57. The van der Waals surface area contributed by atoms with E-state index in [0.29, 0.717) is 0 Å². The van der Waals surface area contributed by atoms with Crippen LogP contribution in [-0.4, -0.2) is 137 Å². The highest BCUT2D eigenvalue weighted by Gasteiger charge is 2.49. The van der Waals surface area contributed by atoms with Gasteiger partial charge in [-0.1, -0.05) is 0 Å². The number of phenols is 3. The standard InChI is InChI=1S/C26H32O16/c1-39-11-4-8(2-3-9(11)29)17(31)15-10(30)5-12(41-26-24(38)22(36)19(33)14(7-28)42-26)16(20(15)34)25-23(37)21(35)18(32)13(6-27)40-25/h2-5,13-14,18-19,21-30,32-38H,6-7H2,1H3/t13-,14-,18-,19-,21+,22+,23-,24-,25+,26-/m1/s1. The lowest BCUT2D eigenvalue weighted by atomic mass is 9.88. The number of aliphatic hydroxyl groups is 8. The van der Waals surface area contributed by atoms with Gasteiger partial charge in [-0.25, -0.2) is 0 Å². The van der Waals surface area contributed by atoms with Gasteiger partial charge >= 0.3 is 0 Å². The van der Waals surface area contributed by atoms with Crippen LogP contribution in [0.3, 0.4) is 0 Å². The summed E-state index contributed by atoms with van der Waals surface area (Å²) in [6, 6.07) is 4.16. The number of aromatic hydroxyl groups is 3. The molecular weight excluding hydrogens is 568 g/mol. The summed E-state index contributed by atoms with van der Waals surface area (Å²) in [5.41, 5.74) is -1.57. The van der Waals surface area contributed by atoms with Gasteiger partial charge in [-0.2, -0.15) is 0 Å². The second-order valence-corrected chi connectivity index (χ2v) is 9.81. The van der Waals surface area contributed by atoms with E-state index in [1.165, 1.54) is 7.11 Å². The minimum absolute atomic E-state index is 0.114. The summed E-state index contributed by atoms with van der Waals surface area (Å²) in [6.45, 7) is -1.67. The third-order valence-electron chi connectivity index (χ3n) is 7.22. The number of ether oxygens (including phenoxy) is 4. The molecule has 0 bridgehead atoms. The lowest BCUT2D eigenvalue weighted by Gasteiger charge is -2.42. The Balaban J connectivity index is 1.86. The first-order valence-corrected chi connectivity index (χ1v) is 12.6. The van der Waals surface area contributed by atoms with Crippen molar-refractivity contribution in [2.45, 2.75) is 61.2 Å². The molecule has 232 valence electrons. The molecule has 0 amide bonds. The van der Waals surface area contributed by atoms with Gasteiger partial charge in [0.05, 0.1) is 25.9 Å². The molecule has 0 aromatic heterocycles. The molecule has 2 aromatic carbocycles. The van der Waals surface area contributed by atoms with Crippen molar-refractivity contribution in [1.82, 2.24) is 0 Å². The minimum atomic E-state index is -2.02. The lowest BCUT2D eigenvalue weighted by molar-refractivity contribution is -0.278. The number of aliphatic hydroxyl groups excluding tert-OH is 8. The molecule has 2 fully saturated rings. The zero-order chi connectivity index (χ0) is 31.0. The Labute approximate surface area is 237 Å². The number of benzene rings is 2. The number of carbonyl (C=O) groups excluding carboxylic acids is 1. The Bertz CT molecular complexity index is 1280. The maximum Gasteiger partial charge on any atom is 0.229 e. The first kappa shape index (κ1) is 31.6. The van der Waals surface area contributed by atoms with Crippen molar-refractivity contribution in [3.05, 3.63) is 41.0 Å². The van der Waals surface area contributed by atoms with E-state index in [-0.39, 0.29) is 17.1 Å². The van der Waals surface area contributed by atoms with Crippen LogP contribution in [0.4, 0.5) is 0 Å².